The predicted octanol–water partition coefficient (Wildman–Crippen LogP) is 0.0395. The third-order valence-electron chi connectivity index (χ3n) is 7.10. The molecule has 0 bridgehead atoms. The van der Waals surface area contributed by atoms with Crippen molar-refractivity contribution in [3.63, 3.8) is 0 Å². The Morgan fingerprint density at radius 3 is 1.96 bits per heavy atom. The smallest absolute Gasteiger partial charge is 0.335 e. The molecule has 0 unspecified atom stereocenters. The number of sulfonamides is 1. The van der Waals surface area contributed by atoms with Crippen LogP contribution in [0.1, 0.15) is 62.5 Å². The maximum absolute atomic E-state index is 12.4. The third-order valence-corrected chi connectivity index (χ3v) is 10.6. The van der Waals surface area contributed by atoms with E-state index in [2.05, 4.69) is 5.32 Å². The number of carboxylic acid groups (broad SMARTS) is 2. The Labute approximate surface area is 272 Å². The predicted molar refractivity (Wildman–Crippen MR) is 173 cm³/mol. The summed E-state index contributed by atoms with van der Waals surface area (Å²) in [4.78, 5) is 48.3. The lowest BCUT2D eigenvalue weighted by molar-refractivity contribution is -0.161. The van der Waals surface area contributed by atoms with E-state index in [9.17, 15) is 32.7 Å². The van der Waals surface area contributed by atoms with Crippen LogP contribution in [-0.4, -0.2) is 103 Å². The summed E-state index contributed by atoms with van der Waals surface area (Å²) in [5, 5.41) is 20.5. The number of hydrogen-bond donors (Lipinski definition) is 4. The van der Waals surface area contributed by atoms with Crippen LogP contribution in [0.15, 0.2) is 59.5 Å². The molecule has 2 fully saturated rings. The van der Waals surface area contributed by atoms with Crippen molar-refractivity contribution in [2.45, 2.75) is 73.7 Å². The normalized spacial score (nSPS) is 19.8. The van der Waals surface area contributed by atoms with Crippen LogP contribution in [0.3, 0.4) is 0 Å². The Morgan fingerprint density at radius 2 is 1.50 bits per heavy atom. The van der Waals surface area contributed by atoms with Gasteiger partial charge < -0.3 is 42.6 Å². The summed E-state index contributed by atoms with van der Waals surface area (Å²) in [5.74, 6) is -2.92. The number of hydrogen-bond acceptors (Lipinski definition) is 8. The van der Waals surface area contributed by atoms with Crippen molar-refractivity contribution in [3.05, 3.63) is 65.7 Å². The van der Waals surface area contributed by atoms with Gasteiger partial charge in [-0.1, -0.05) is 44.2 Å². The summed E-state index contributed by atoms with van der Waals surface area (Å²) >= 11 is 1.38. The van der Waals surface area contributed by atoms with Crippen LogP contribution < -0.4 is 11.1 Å². The molecule has 2 saturated heterocycles. The number of nitrogens with zero attached hydrogens (tertiary/aromatic N) is 2. The summed E-state index contributed by atoms with van der Waals surface area (Å²) < 4.78 is 25.6. The molecule has 2 aromatic rings. The van der Waals surface area contributed by atoms with Gasteiger partial charge in [0.1, 0.15) is 23.5 Å². The first-order valence-corrected chi connectivity index (χ1v) is 16.2. The fraction of sp³-hybridized carbons (Fsp3) is 0.448. The van der Waals surface area contributed by atoms with E-state index in [0.29, 0.717) is 18.7 Å². The highest BCUT2D eigenvalue weighted by atomic mass is 32.2. The van der Waals surface area contributed by atoms with Crippen LogP contribution in [0.5, 0.6) is 0 Å². The fourth-order valence-corrected chi connectivity index (χ4v) is 8.22. The van der Waals surface area contributed by atoms with Crippen LogP contribution in [0.25, 0.3) is 0 Å². The molecule has 0 radical (unpaired) electrons. The first kappa shape index (κ1) is 42.4. The molecule has 2 heterocycles. The van der Waals surface area contributed by atoms with Crippen molar-refractivity contribution in [3.8, 4) is 0 Å². The largest absolute Gasteiger partial charge is 0.480 e. The second kappa shape index (κ2) is 17.4. The van der Waals surface area contributed by atoms with E-state index < -0.39 is 50.7 Å². The fourth-order valence-electron chi connectivity index (χ4n) is 4.97. The van der Waals surface area contributed by atoms with E-state index in [0.717, 1.165) is 12.8 Å². The average Bonchev–Trinajstić information content (AvgIpc) is 3.23. The number of carbonyl (C=O) groups excluding carboxylic acids is 2. The lowest BCUT2D eigenvalue weighted by atomic mass is 9.95. The molecule has 17 heteroatoms. The average molecular weight is 689 g/mol. The molecule has 46 heavy (non-hydrogen) atoms. The standard InChI is InChI=1S/C16H19N3O4S.C13H19NO4S.3H2O/c1-16(2)11(15(22)23)19-13(21)10(14(19)24-16)18-12(20)9(17)8-6-4-3-5-7-8;1-3-9-14(10-4-2)19(17,18)12-7-5-11(6-8-12)13(15)16;;;/h3-7,9-11,14H,17H2,1-2H3,(H,18,20)(H,22,23);5-8H,3-4,9-10H2,1-2H3,(H,15,16);3*1H2/t9-,10-,11+,14-;;;;/m1..../s1. The van der Waals surface area contributed by atoms with Crippen molar-refractivity contribution in [2.75, 3.05) is 13.1 Å². The van der Waals surface area contributed by atoms with E-state index in [1.165, 1.54) is 45.2 Å². The Bertz CT molecular complexity index is 1430. The number of rotatable bonds is 11. The van der Waals surface area contributed by atoms with E-state index in [1.54, 1.807) is 38.1 Å². The lowest BCUT2D eigenvalue weighted by Gasteiger charge is -2.43. The zero-order chi connectivity index (χ0) is 32.1. The van der Waals surface area contributed by atoms with Gasteiger partial charge in [-0.3, -0.25) is 9.59 Å². The van der Waals surface area contributed by atoms with Gasteiger partial charge in [-0.2, -0.15) is 4.31 Å². The zero-order valence-electron chi connectivity index (χ0n) is 26.0. The molecule has 0 aliphatic carbocycles. The topological polar surface area (TPSA) is 282 Å². The molecular formula is C29H44N4O11S2. The second-order valence-electron chi connectivity index (χ2n) is 10.7. The molecule has 0 spiro atoms. The second-order valence-corrected chi connectivity index (χ2v) is 14.4. The summed E-state index contributed by atoms with van der Waals surface area (Å²) in [6.45, 7) is 8.36. The lowest BCUT2D eigenvalue weighted by Crippen LogP contribution is -2.71. The number of fused-ring (bicyclic) bond motifs is 1. The molecule has 0 aromatic heterocycles. The number of carboxylic acids is 2. The quantitative estimate of drug-likeness (QED) is 0.230. The molecule has 4 atom stereocenters. The van der Waals surface area contributed by atoms with Crippen molar-refractivity contribution in [2.24, 2.45) is 5.73 Å². The van der Waals surface area contributed by atoms with Crippen LogP contribution >= 0.6 is 11.8 Å². The monoisotopic (exact) mass is 688 g/mol. The summed E-state index contributed by atoms with van der Waals surface area (Å²) in [6, 6.07) is 11.7. The molecule has 11 N–H and O–H groups in total. The molecule has 4 rings (SSSR count). The summed E-state index contributed by atoms with van der Waals surface area (Å²) in [5.41, 5.74) is 6.67. The molecule has 258 valence electrons. The van der Waals surface area contributed by atoms with Crippen molar-refractivity contribution < 1.29 is 54.2 Å². The minimum absolute atomic E-state index is 0. The molecule has 15 nitrogen and oxygen atoms in total. The number of nitrogens with two attached hydrogens (primary N) is 1. The minimum Gasteiger partial charge on any atom is -0.480 e. The van der Waals surface area contributed by atoms with Crippen molar-refractivity contribution in [1.29, 1.82) is 0 Å². The Balaban J connectivity index is 0.000000848. The summed E-state index contributed by atoms with van der Waals surface area (Å²) in [6.07, 6.45) is 1.48. The van der Waals surface area contributed by atoms with Crippen LogP contribution in [0, 0.1) is 0 Å². The number of β-lactam (4-membered cyclic amide) rings is 1. The van der Waals surface area contributed by atoms with Gasteiger partial charge in [-0.05, 0) is 56.5 Å². The van der Waals surface area contributed by atoms with Gasteiger partial charge >= 0.3 is 11.9 Å². The van der Waals surface area contributed by atoms with E-state index >= 15 is 0 Å². The first-order chi connectivity index (χ1) is 20.2. The van der Waals surface area contributed by atoms with Gasteiger partial charge in [0.15, 0.2) is 0 Å². The SMILES string of the molecule is CC1(C)S[C@@H]2[C@H](NC(=O)[C@H](N)c3ccccc3)C(=O)N2[C@H]1C(=O)O.CCCN(CCC)S(=O)(=O)c1ccc(C(=O)O)cc1.O.O.O. The van der Waals surface area contributed by atoms with E-state index in [-0.39, 0.29) is 38.2 Å². The van der Waals surface area contributed by atoms with Gasteiger partial charge in [0.25, 0.3) is 0 Å². The van der Waals surface area contributed by atoms with Crippen molar-refractivity contribution in [1.82, 2.24) is 14.5 Å². The van der Waals surface area contributed by atoms with Gasteiger partial charge in [-0.25, -0.2) is 18.0 Å². The Morgan fingerprint density at radius 1 is 0.978 bits per heavy atom. The minimum atomic E-state index is -3.53. The Kier molecular flexibility index (Phi) is 16.0. The molecule has 0 saturated carbocycles. The maximum Gasteiger partial charge on any atom is 0.335 e. The van der Waals surface area contributed by atoms with Crippen LogP contribution in [-0.2, 0) is 24.4 Å². The van der Waals surface area contributed by atoms with Gasteiger partial charge in [0.2, 0.25) is 21.8 Å². The number of benzene rings is 2. The number of amides is 2. The van der Waals surface area contributed by atoms with Gasteiger partial charge in [0.05, 0.1) is 10.5 Å². The van der Waals surface area contributed by atoms with Crippen molar-refractivity contribution >= 4 is 45.5 Å². The highest BCUT2D eigenvalue weighted by Gasteiger charge is 2.64. The molecule has 2 amide bonds. The number of aromatic carboxylic acids is 1. The molecule has 2 aliphatic heterocycles. The van der Waals surface area contributed by atoms with Gasteiger partial charge in [-0.15, -0.1) is 11.8 Å². The zero-order valence-corrected chi connectivity index (χ0v) is 27.6. The number of aliphatic carboxylic acids is 1. The third kappa shape index (κ3) is 9.03. The van der Waals surface area contributed by atoms with Gasteiger partial charge in [0, 0.05) is 17.8 Å². The van der Waals surface area contributed by atoms with Crippen LogP contribution in [0.4, 0.5) is 0 Å². The summed E-state index contributed by atoms with van der Waals surface area (Å²) in [7, 11) is -3.53. The first-order valence-electron chi connectivity index (χ1n) is 13.8. The number of carbonyl (C=O) groups is 4. The van der Waals surface area contributed by atoms with Crippen LogP contribution in [0.2, 0.25) is 0 Å². The number of thioether (sulfide) groups is 1. The van der Waals surface area contributed by atoms with E-state index in [4.69, 9.17) is 10.8 Å². The molecular weight excluding hydrogens is 644 g/mol. The van der Waals surface area contributed by atoms with E-state index in [1.807, 2.05) is 19.9 Å². The molecule has 2 aliphatic rings. The Hall–Kier alpha value is -3.58. The highest BCUT2D eigenvalue weighted by molar-refractivity contribution is 8.01. The maximum atomic E-state index is 12.4. The molecule has 2 aromatic carbocycles. The number of nitrogens with one attached hydrogen (secondary N) is 1. The highest BCUT2D eigenvalue weighted by Crippen LogP contribution is 2.50.